The van der Waals surface area contributed by atoms with Crippen molar-refractivity contribution < 1.29 is 4.52 Å². The van der Waals surface area contributed by atoms with Gasteiger partial charge in [-0.2, -0.15) is 4.98 Å². The van der Waals surface area contributed by atoms with Crippen molar-refractivity contribution in [2.75, 3.05) is 0 Å². The highest BCUT2D eigenvalue weighted by Crippen LogP contribution is 2.03. The summed E-state index contributed by atoms with van der Waals surface area (Å²) in [4.78, 5) is 3.62. The molecular formula is C9H8Cl2N2O. The molecule has 0 fully saturated rings. The lowest BCUT2D eigenvalue weighted by Crippen LogP contribution is -1.70. The van der Waals surface area contributed by atoms with E-state index in [0.717, 1.165) is 5.02 Å². The lowest BCUT2D eigenvalue weighted by atomic mass is 10.4. The quantitative estimate of drug-likeness (QED) is 0.707. The minimum atomic E-state index is 0.292. The Hall–Kier alpha value is -1.06. The van der Waals surface area contributed by atoms with Gasteiger partial charge in [0.15, 0.2) is 6.33 Å². The number of aromatic nitrogens is 2. The number of rotatable bonds is 1. The molecule has 1 heterocycles. The molecule has 1 aromatic heterocycles. The zero-order chi connectivity index (χ0) is 10.2. The Bertz CT molecular complexity index is 337. The molecule has 0 aliphatic rings. The molecule has 74 valence electrons. The van der Waals surface area contributed by atoms with Gasteiger partial charge in [-0.3, -0.25) is 0 Å². The van der Waals surface area contributed by atoms with Crippen LogP contribution in [0.5, 0.6) is 0 Å². The number of alkyl halides is 1. The Labute approximate surface area is 91.7 Å². The van der Waals surface area contributed by atoms with Crippen molar-refractivity contribution >= 4 is 23.2 Å². The molecule has 3 nitrogen and oxygen atoms in total. The van der Waals surface area contributed by atoms with Crippen molar-refractivity contribution in [3.8, 4) is 0 Å². The molecule has 2 aromatic rings. The molecule has 0 amide bonds. The molecule has 1 aromatic carbocycles. The molecule has 14 heavy (non-hydrogen) atoms. The fraction of sp³-hybridized carbons (Fsp3) is 0.111. The van der Waals surface area contributed by atoms with Crippen molar-refractivity contribution in [1.82, 2.24) is 10.1 Å². The summed E-state index contributed by atoms with van der Waals surface area (Å²) in [5.74, 6) is 0.752. The summed E-state index contributed by atoms with van der Waals surface area (Å²) < 4.78 is 4.49. The molecular weight excluding hydrogens is 223 g/mol. The van der Waals surface area contributed by atoms with Crippen LogP contribution in [-0.2, 0) is 5.88 Å². The topological polar surface area (TPSA) is 38.9 Å². The van der Waals surface area contributed by atoms with Crippen molar-refractivity contribution in [1.29, 1.82) is 0 Å². The first kappa shape index (κ1) is 11.0. The Kier molecular flexibility index (Phi) is 5.04. The summed E-state index contributed by atoms with van der Waals surface area (Å²) in [5, 5.41) is 4.12. The van der Waals surface area contributed by atoms with Gasteiger partial charge in [0, 0.05) is 5.02 Å². The van der Waals surface area contributed by atoms with Crippen LogP contribution in [0.25, 0.3) is 0 Å². The standard InChI is InChI=1S/C6H5Cl.C3H3ClN2O/c7-6-4-2-1-3-5-6;4-1-3-5-2-6-7-3/h1-5H;2H,1H2. The minimum absolute atomic E-state index is 0.292. The largest absolute Gasteiger partial charge is 0.338 e. The van der Waals surface area contributed by atoms with Gasteiger partial charge in [0.2, 0.25) is 5.89 Å². The second-order valence-corrected chi connectivity index (χ2v) is 2.97. The summed E-state index contributed by atoms with van der Waals surface area (Å²) in [6.07, 6.45) is 1.32. The molecule has 5 heteroatoms. The van der Waals surface area contributed by atoms with Crippen LogP contribution in [0.2, 0.25) is 5.02 Å². The molecule has 2 rings (SSSR count). The summed E-state index contributed by atoms with van der Waals surface area (Å²) >= 11 is 10.8. The van der Waals surface area contributed by atoms with E-state index in [0.29, 0.717) is 11.8 Å². The van der Waals surface area contributed by atoms with Crippen molar-refractivity contribution in [2.45, 2.75) is 5.88 Å². The molecule has 0 unspecified atom stereocenters. The van der Waals surface area contributed by atoms with Crippen molar-refractivity contribution in [3.05, 3.63) is 47.6 Å². The van der Waals surface area contributed by atoms with Gasteiger partial charge in [0.05, 0.1) is 0 Å². The zero-order valence-corrected chi connectivity index (χ0v) is 8.74. The van der Waals surface area contributed by atoms with Crippen molar-refractivity contribution in [3.63, 3.8) is 0 Å². The van der Waals surface area contributed by atoms with Gasteiger partial charge in [0.25, 0.3) is 0 Å². The van der Waals surface area contributed by atoms with Crippen LogP contribution in [0.4, 0.5) is 0 Å². The lowest BCUT2D eigenvalue weighted by Gasteiger charge is -1.80. The maximum atomic E-state index is 5.54. The predicted molar refractivity (Wildman–Crippen MR) is 55.3 cm³/mol. The molecule has 0 radical (unpaired) electrons. The molecule has 0 N–H and O–H groups in total. The summed E-state index contributed by atoms with van der Waals surface area (Å²) in [6, 6.07) is 9.44. The third-order valence-electron chi connectivity index (χ3n) is 1.25. The third kappa shape index (κ3) is 4.25. The highest BCUT2D eigenvalue weighted by atomic mass is 35.5. The van der Waals surface area contributed by atoms with Crippen molar-refractivity contribution in [2.24, 2.45) is 0 Å². The van der Waals surface area contributed by atoms with Crippen LogP contribution in [-0.4, -0.2) is 10.1 Å². The SMILES string of the molecule is ClCc1ncno1.Clc1ccccc1. The van der Waals surface area contributed by atoms with Crippen LogP contribution in [0.15, 0.2) is 41.2 Å². The van der Waals surface area contributed by atoms with Gasteiger partial charge < -0.3 is 4.52 Å². The molecule has 0 bridgehead atoms. The molecule has 0 spiro atoms. The number of nitrogens with zero attached hydrogens (tertiary/aromatic N) is 2. The van der Waals surface area contributed by atoms with E-state index >= 15 is 0 Å². The summed E-state index contributed by atoms with van der Waals surface area (Å²) in [7, 11) is 0. The Morgan fingerprint density at radius 3 is 2.21 bits per heavy atom. The second-order valence-electron chi connectivity index (χ2n) is 2.26. The van der Waals surface area contributed by atoms with E-state index in [1.807, 2.05) is 30.3 Å². The minimum Gasteiger partial charge on any atom is -0.338 e. The smallest absolute Gasteiger partial charge is 0.241 e. The van der Waals surface area contributed by atoms with E-state index in [9.17, 15) is 0 Å². The first-order valence-corrected chi connectivity index (χ1v) is 4.76. The van der Waals surface area contributed by atoms with E-state index in [1.165, 1.54) is 6.33 Å². The maximum absolute atomic E-state index is 5.54. The first-order valence-electron chi connectivity index (χ1n) is 3.85. The average molecular weight is 231 g/mol. The van der Waals surface area contributed by atoms with Crippen LogP contribution in [0, 0.1) is 0 Å². The molecule has 0 aliphatic carbocycles. The third-order valence-corrected chi connectivity index (χ3v) is 1.73. The Morgan fingerprint density at radius 2 is 1.93 bits per heavy atom. The normalized spacial score (nSPS) is 9.00. The fourth-order valence-electron chi connectivity index (χ4n) is 0.670. The monoisotopic (exact) mass is 230 g/mol. The number of benzene rings is 1. The summed E-state index contributed by atoms with van der Waals surface area (Å²) in [6.45, 7) is 0. The first-order chi connectivity index (χ1) is 6.83. The molecule has 0 saturated carbocycles. The van der Waals surface area contributed by atoms with E-state index < -0.39 is 0 Å². The Balaban J connectivity index is 0.000000140. The number of hydrogen-bond donors (Lipinski definition) is 0. The highest BCUT2D eigenvalue weighted by Gasteiger charge is 1.90. The van der Waals surface area contributed by atoms with Crippen LogP contribution >= 0.6 is 23.2 Å². The van der Waals surface area contributed by atoms with Gasteiger partial charge in [-0.25, -0.2) is 0 Å². The lowest BCUT2D eigenvalue weighted by molar-refractivity contribution is 0.389. The predicted octanol–water partition coefficient (Wildman–Crippen LogP) is 3.15. The molecule has 0 aliphatic heterocycles. The highest BCUT2D eigenvalue weighted by molar-refractivity contribution is 6.30. The van der Waals surface area contributed by atoms with E-state index in [4.69, 9.17) is 23.2 Å². The van der Waals surface area contributed by atoms with Crippen LogP contribution in [0.1, 0.15) is 5.89 Å². The number of halogens is 2. The van der Waals surface area contributed by atoms with E-state index in [2.05, 4.69) is 14.7 Å². The molecule has 0 saturated heterocycles. The van der Waals surface area contributed by atoms with E-state index in [-0.39, 0.29) is 0 Å². The van der Waals surface area contributed by atoms with Gasteiger partial charge in [-0.05, 0) is 12.1 Å². The van der Waals surface area contributed by atoms with Gasteiger partial charge in [-0.15, -0.1) is 11.6 Å². The maximum Gasteiger partial charge on any atom is 0.241 e. The molecule has 0 atom stereocenters. The number of hydrogen-bond acceptors (Lipinski definition) is 3. The zero-order valence-electron chi connectivity index (χ0n) is 7.23. The Morgan fingerprint density at radius 1 is 1.21 bits per heavy atom. The second kappa shape index (κ2) is 6.40. The van der Waals surface area contributed by atoms with Crippen LogP contribution in [0.3, 0.4) is 0 Å². The fourth-order valence-corrected chi connectivity index (χ4v) is 0.933. The summed E-state index contributed by atoms with van der Waals surface area (Å²) in [5.41, 5.74) is 0. The van der Waals surface area contributed by atoms with Gasteiger partial charge >= 0.3 is 0 Å². The van der Waals surface area contributed by atoms with Gasteiger partial charge in [-0.1, -0.05) is 35.0 Å². The van der Waals surface area contributed by atoms with Gasteiger partial charge in [0.1, 0.15) is 5.88 Å². The van der Waals surface area contributed by atoms with Crippen LogP contribution < -0.4 is 0 Å². The average Bonchev–Trinajstić information content (AvgIpc) is 2.72. The van der Waals surface area contributed by atoms with E-state index in [1.54, 1.807) is 0 Å².